The highest BCUT2D eigenvalue weighted by Gasteiger charge is 2.15. The zero-order valence-electron chi connectivity index (χ0n) is 12.7. The maximum Gasteiger partial charge on any atom is 0.262 e. The summed E-state index contributed by atoms with van der Waals surface area (Å²) in [6, 6.07) is 8.64. The van der Waals surface area contributed by atoms with Gasteiger partial charge in [-0.05, 0) is 44.5 Å². The molecule has 3 rings (SSSR count). The number of aryl methyl sites for hydroxylation is 1. The number of aromatic nitrogens is 1. The van der Waals surface area contributed by atoms with E-state index >= 15 is 0 Å². The van der Waals surface area contributed by atoms with Gasteiger partial charge in [0.15, 0.2) is 0 Å². The molecule has 1 aromatic heterocycles. The first kappa shape index (κ1) is 14.3. The first-order chi connectivity index (χ1) is 10.4. The van der Waals surface area contributed by atoms with Crippen LogP contribution in [-0.2, 0) is 6.54 Å². The van der Waals surface area contributed by atoms with Crippen LogP contribution < -0.4 is 4.57 Å². The van der Waals surface area contributed by atoms with Crippen LogP contribution in [0.1, 0.15) is 31.2 Å². The summed E-state index contributed by atoms with van der Waals surface area (Å²) in [6.45, 7) is 5.64. The molecule has 110 valence electrons. The van der Waals surface area contributed by atoms with Gasteiger partial charge in [0.2, 0.25) is 5.52 Å². The van der Waals surface area contributed by atoms with Crippen LogP contribution in [0.4, 0.5) is 0 Å². The van der Waals surface area contributed by atoms with Crippen molar-refractivity contribution >= 4 is 27.6 Å². The Kier molecular flexibility index (Phi) is 4.71. The van der Waals surface area contributed by atoms with E-state index in [4.69, 9.17) is 0 Å². The van der Waals surface area contributed by atoms with Crippen LogP contribution >= 0.6 is 11.3 Å². The van der Waals surface area contributed by atoms with Crippen molar-refractivity contribution < 1.29 is 4.57 Å². The molecule has 1 aromatic carbocycles. The van der Waals surface area contributed by atoms with Crippen molar-refractivity contribution in [1.29, 1.82) is 0 Å². The van der Waals surface area contributed by atoms with Crippen LogP contribution in [0.5, 0.6) is 0 Å². The van der Waals surface area contributed by atoms with Crippen LogP contribution in [0.25, 0.3) is 16.3 Å². The minimum Gasteiger partial charge on any atom is -0.377 e. The summed E-state index contributed by atoms with van der Waals surface area (Å²) in [6.07, 6.45) is 12.9. The van der Waals surface area contributed by atoms with E-state index in [2.05, 4.69) is 65.1 Å². The molecule has 1 aliphatic rings. The highest BCUT2D eigenvalue weighted by atomic mass is 32.1. The zero-order chi connectivity index (χ0) is 14.5. The number of thiazole rings is 1. The molecule has 0 spiro atoms. The van der Waals surface area contributed by atoms with Crippen molar-refractivity contribution in [3.63, 3.8) is 0 Å². The first-order valence-electron chi connectivity index (χ1n) is 7.89. The average molecular weight is 299 g/mol. The molecule has 2 aromatic rings. The molecule has 0 amide bonds. The third-order valence-corrected chi connectivity index (χ3v) is 5.12. The molecule has 1 fully saturated rings. The summed E-state index contributed by atoms with van der Waals surface area (Å²) in [4.78, 5) is 2.42. The number of nitrogens with zero attached hydrogens (tertiary/aromatic N) is 2. The number of hydrogen-bond donors (Lipinski definition) is 0. The van der Waals surface area contributed by atoms with Gasteiger partial charge in [-0.15, -0.1) is 0 Å². The molecule has 0 bridgehead atoms. The maximum atomic E-state index is 2.42. The Balaban J connectivity index is 1.74. The number of rotatable bonds is 4. The minimum absolute atomic E-state index is 1.01. The summed E-state index contributed by atoms with van der Waals surface area (Å²) in [5.41, 5.74) is 1.34. The van der Waals surface area contributed by atoms with Crippen molar-refractivity contribution in [2.75, 3.05) is 13.1 Å². The Morgan fingerprint density at radius 1 is 1.14 bits per heavy atom. The molecule has 3 heteroatoms. The summed E-state index contributed by atoms with van der Waals surface area (Å²) in [7, 11) is 0. The number of para-hydroxylation sites is 1. The van der Waals surface area contributed by atoms with Crippen LogP contribution in [0.3, 0.4) is 0 Å². The van der Waals surface area contributed by atoms with E-state index < -0.39 is 0 Å². The van der Waals surface area contributed by atoms with Gasteiger partial charge in [-0.25, -0.2) is 0 Å². The van der Waals surface area contributed by atoms with Gasteiger partial charge in [0.1, 0.15) is 11.2 Å². The van der Waals surface area contributed by atoms with Crippen LogP contribution in [0.2, 0.25) is 0 Å². The highest BCUT2D eigenvalue weighted by Crippen LogP contribution is 2.21. The lowest BCUT2D eigenvalue weighted by molar-refractivity contribution is -0.665. The van der Waals surface area contributed by atoms with Crippen molar-refractivity contribution in [3.8, 4) is 0 Å². The largest absolute Gasteiger partial charge is 0.377 e. The standard InChI is InChI=1S/C18H23N2S/c1-2-20-16-10-4-5-11-17(16)21-18(20)12-6-9-15-19-13-7-3-8-14-19/h4-6,9-12,15H,2-3,7-8,13-14H2,1H3/q+1. The van der Waals surface area contributed by atoms with E-state index in [0.29, 0.717) is 0 Å². The molecular weight excluding hydrogens is 276 g/mol. The second kappa shape index (κ2) is 6.90. The van der Waals surface area contributed by atoms with Crippen molar-refractivity contribution in [2.45, 2.75) is 32.7 Å². The molecule has 21 heavy (non-hydrogen) atoms. The first-order valence-corrected chi connectivity index (χ1v) is 8.70. The Morgan fingerprint density at radius 3 is 2.76 bits per heavy atom. The predicted molar refractivity (Wildman–Crippen MR) is 91.3 cm³/mol. The number of piperidine rings is 1. The Morgan fingerprint density at radius 2 is 1.95 bits per heavy atom. The molecule has 0 unspecified atom stereocenters. The third kappa shape index (κ3) is 3.35. The molecule has 1 aliphatic heterocycles. The molecule has 0 atom stereocenters. The van der Waals surface area contributed by atoms with Gasteiger partial charge < -0.3 is 4.90 Å². The fourth-order valence-electron chi connectivity index (χ4n) is 2.88. The summed E-state index contributed by atoms with van der Waals surface area (Å²) in [5, 5.41) is 1.32. The Labute approximate surface area is 131 Å². The molecular formula is C18H23N2S+. The van der Waals surface area contributed by atoms with Crippen molar-refractivity contribution in [2.24, 2.45) is 0 Å². The number of benzene rings is 1. The lowest BCUT2D eigenvalue weighted by Crippen LogP contribution is -2.33. The zero-order valence-corrected chi connectivity index (χ0v) is 13.5. The number of hydrogen-bond acceptors (Lipinski definition) is 2. The van der Waals surface area contributed by atoms with E-state index in [9.17, 15) is 0 Å². The Hall–Kier alpha value is -1.61. The lowest BCUT2D eigenvalue weighted by Gasteiger charge is -2.24. The SMILES string of the molecule is CC[n+]1c(C=CC=CN2CCCCC2)sc2ccccc21. The van der Waals surface area contributed by atoms with Gasteiger partial charge in [0.05, 0.1) is 0 Å². The molecule has 0 aliphatic carbocycles. The molecule has 1 saturated heterocycles. The molecule has 0 saturated carbocycles. The van der Waals surface area contributed by atoms with Gasteiger partial charge in [-0.1, -0.05) is 29.5 Å². The topological polar surface area (TPSA) is 7.12 Å². The van der Waals surface area contributed by atoms with Crippen LogP contribution in [0, 0.1) is 0 Å². The average Bonchev–Trinajstić information content (AvgIpc) is 2.90. The van der Waals surface area contributed by atoms with Gasteiger partial charge >= 0.3 is 0 Å². The van der Waals surface area contributed by atoms with E-state index in [0.717, 1.165) is 6.54 Å². The van der Waals surface area contributed by atoms with E-state index in [1.165, 1.54) is 47.6 Å². The third-order valence-electron chi connectivity index (χ3n) is 3.99. The van der Waals surface area contributed by atoms with Crippen molar-refractivity contribution in [3.05, 3.63) is 47.6 Å². The smallest absolute Gasteiger partial charge is 0.262 e. The second-order valence-corrected chi connectivity index (χ2v) is 6.51. The minimum atomic E-state index is 1.01. The molecule has 2 heterocycles. The Bertz CT molecular complexity index is 648. The summed E-state index contributed by atoms with van der Waals surface area (Å²) >= 11 is 1.86. The number of likely N-dealkylation sites (tertiary alicyclic amines) is 1. The number of fused-ring (bicyclic) bond motifs is 1. The van der Waals surface area contributed by atoms with E-state index in [1.807, 2.05) is 11.3 Å². The summed E-state index contributed by atoms with van der Waals surface area (Å²) in [5.74, 6) is 0. The van der Waals surface area contributed by atoms with Gasteiger partial charge in [-0.3, -0.25) is 0 Å². The fraction of sp³-hybridized carbons (Fsp3) is 0.389. The van der Waals surface area contributed by atoms with Crippen LogP contribution in [-0.4, -0.2) is 18.0 Å². The molecule has 0 radical (unpaired) electrons. The van der Waals surface area contributed by atoms with Crippen LogP contribution in [0.15, 0.2) is 42.6 Å². The molecule has 2 nitrogen and oxygen atoms in total. The quantitative estimate of drug-likeness (QED) is 0.605. The molecule has 0 N–H and O–H groups in total. The highest BCUT2D eigenvalue weighted by molar-refractivity contribution is 7.18. The van der Waals surface area contributed by atoms with E-state index in [1.54, 1.807) is 0 Å². The lowest BCUT2D eigenvalue weighted by atomic mass is 10.1. The van der Waals surface area contributed by atoms with Gasteiger partial charge in [0, 0.05) is 25.2 Å². The fourth-order valence-corrected chi connectivity index (χ4v) is 4.02. The van der Waals surface area contributed by atoms with E-state index in [-0.39, 0.29) is 0 Å². The monoisotopic (exact) mass is 299 g/mol. The predicted octanol–water partition coefficient (Wildman–Crippen LogP) is 4.22. The second-order valence-electron chi connectivity index (χ2n) is 5.45. The maximum absolute atomic E-state index is 2.42. The summed E-state index contributed by atoms with van der Waals surface area (Å²) < 4.78 is 3.74. The van der Waals surface area contributed by atoms with Gasteiger partial charge in [0.25, 0.3) is 5.01 Å². The normalized spacial score (nSPS) is 16.5. The van der Waals surface area contributed by atoms with Gasteiger partial charge in [-0.2, -0.15) is 4.57 Å². The van der Waals surface area contributed by atoms with Crippen molar-refractivity contribution in [1.82, 2.24) is 4.90 Å². The number of allylic oxidation sites excluding steroid dienone is 2.